The Hall–Kier alpha value is -0.650. The Morgan fingerprint density at radius 2 is 2.12 bits per heavy atom. The van der Waals surface area contributed by atoms with Crippen molar-refractivity contribution in [2.75, 3.05) is 26.9 Å². The van der Waals surface area contributed by atoms with Crippen LogP contribution < -0.4 is 5.32 Å². The minimum Gasteiger partial charge on any atom is -0.388 e. The largest absolute Gasteiger partial charge is 0.388 e. The van der Waals surface area contributed by atoms with Crippen LogP contribution in [0.3, 0.4) is 0 Å². The lowest BCUT2D eigenvalue weighted by atomic mass is 10.0. The van der Waals surface area contributed by atoms with E-state index in [-0.39, 0.29) is 25.2 Å². The third-order valence-electron chi connectivity index (χ3n) is 2.06. The van der Waals surface area contributed by atoms with Crippen LogP contribution in [0.2, 0.25) is 0 Å². The molecule has 0 rings (SSSR count). The molecule has 0 aliphatic carbocycles. The SMILES string of the molecule is COCCC(C)(O)CNC(=O)COC(C)C. The Balaban J connectivity index is 3.72. The van der Waals surface area contributed by atoms with Gasteiger partial charge < -0.3 is 19.9 Å². The van der Waals surface area contributed by atoms with E-state index in [1.807, 2.05) is 13.8 Å². The normalized spacial score (nSPS) is 14.9. The Kier molecular flexibility index (Phi) is 7.29. The van der Waals surface area contributed by atoms with Crippen LogP contribution in [0.15, 0.2) is 0 Å². The highest BCUT2D eigenvalue weighted by atomic mass is 16.5. The van der Waals surface area contributed by atoms with Crippen molar-refractivity contribution in [3.05, 3.63) is 0 Å². The summed E-state index contributed by atoms with van der Waals surface area (Å²) < 4.78 is 10.00. The van der Waals surface area contributed by atoms with Crippen molar-refractivity contribution in [1.82, 2.24) is 5.32 Å². The molecule has 0 radical (unpaired) electrons. The summed E-state index contributed by atoms with van der Waals surface area (Å²) >= 11 is 0. The Morgan fingerprint density at radius 1 is 1.50 bits per heavy atom. The van der Waals surface area contributed by atoms with Crippen molar-refractivity contribution in [2.24, 2.45) is 0 Å². The first kappa shape index (κ1) is 15.3. The number of rotatable bonds is 8. The van der Waals surface area contributed by atoms with Crippen molar-refractivity contribution >= 4 is 5.91 Å². The van der Waals surface area contributed by atoms with Crippen LogP contribution in [0.25, 0.3) is 0 Å². The topological polar surface area (TPSA) is 67.8 Å². The second kappa shape index (κ2) is 7.60. The van der Waals surface area contributed by atoms with E-state index >= 15 is 0 Å². The average Bonchev–Trinajstić information content (AvgIpc) is 2.21. The van der Waals surface area contributed by atoms with Crippen molar-refractivity contribution < 1.29 is 19.4 Å². The number of carbonyl (C=O) groups excluding carboxylic acids is 1. The number of nitrogens with one attached hydrogen (secondary N) is 1. The monoisotopic (exact) mass is 233 g/mol. The third-order valence-corrected chi connectivity index (χ3v) is 2.06. The maximum atomic E-state index is 11.3. The summed E-state index contributed by atoms with van der Waals surface area (Å²) in [5.74, 6) is -0.216. The fraction of sp³-hybridized carbons (Fsp3) is 0.909. The van der Waals surface area contributed by atoms with Crippen molar-refractivity contribution in [3.63, 3.8) is 0 Å². The highest BCUT2D eigenvalue weighted by Crippen LogP contribution is 2.07. The first-order valence-electron chi connectivity index (χ1n) is 5.47. The molecule has 1 unspecified atom stereocenters. The summed E-state index contributed by atoms with van der Waals surface area (Å²) in [6.45, 7) is 6.08. The Bertz CT molecular complexity index is 204. The molecule has 2 N–H and O–H groups in total. The number of ether oxygens (including phenoxy) is 2. The number of methoxy groups -OCH3 is 1. The molecule has 0 aromatic carbocycles. The highest BCUT2D eigenvalue weighted by molar-refractivity contribution is 5.77. The molecule has 0 fully saturated rings. The predicted molar refractivity (Wildman–Crippen MR) is 61.2 cm³/mol. The summed E-state index contributed by atoms with van der Waals surface area (Å²) in [6.07, 6.45) is 0.509. The van der Waals surface area contributed by atoms with Crippen LogP contribution in [-0.2, 0) is 14.3 Å². The van der Waals surface area contributed by atoms with Gasteiger partial charge in [-0.1, -0.05) is 0 Å². The van der Waals surface area contributed by atoms with Gasteiger partial charge in [-0.05, 0) is 20.8 Å². The number of aliphatic hydroxyl groups is 1. The van der Waals surface area contributed by atoms with Gasteiger partial charge in [-0.15, -0.1) is 0 Å². The summed E-state index contributed by atoms with van der Waals surface area (Å²) in [7, 11) is 1.57. The van der Waals surface area contributed by atoms with Gasteiger partial charge in [0.1, 0.15) is 6.61 Å². The van der Waals surface area contributed by atoms with Crippen LogP contribution in [0.5, 0.6) is 0 Å². The Morgan fingerprint density at radius 3 is 2.62 bits per heavy atom. The van der Waals surface area contributed by atoms with Gasteiger partial charge in [0.2, 0.25) is 5.91 Å². The molecule has 96 valence electrons. The molecule has 16 heavy (non-hydrogen) atoms. The molecule has 5 nitrogen and oxygen atoms in total. The molecule has 0 heterocycles. The highest BCUT2D eigenvalue weighted by Gasteiger charge is 2.20. The Labute approximate surface area is 97.1 Å². The van der Waals surface area contributed by atoms with E-state index < -0.39 is 5.60 Å². The van der Waals surface area contributed by atoms with Gasteiger partial charge in [-0.3, -0.25) is 4.79 Å². The van der Waals surface area contributed by atoms with Gasteiger partial charge in [0.15, 0.2) is 0 Å². The first-order valence-corrected chi connectivity index (χ1v) is 5.47. The van der Waals surface area contributed by atoms with E-state index in [0.717, 1.165) is 0 Å². The minimum absolute atomic E-state index is 0.0258. The lowest BCUT2D eigenvalue weighted by Gasteiger charge is -2.23. The molecular weight excluding hydrogens is 210 g/mol. The summed E-state index contributed by atoms with van der Waals surface area (Å²) in [6, 6.07) is 0. The molecule has 0 saturated carbocycles. The molecule has 0 aromatic heterocycles. The standard InChI is InChI=1S/C11H23NO4/c1-9(2)16-7-10(13)12-8-11(3,14)5-6-15-4/h9,14H,5-8H2,1-4H3,(H,12,13). The smallest absolute Gasteiger partial charge is 0.246 e. The van der Waals surface area contributed by atoms with Gasteiger partial charge in [-0.25, -0.2) is 0 Å². The zero-order valence-corrected chi connectivity index (χ0v) is 10.6. The molecular formula is C11H23NO4. The minimum atomic E-state index is -0.941. The lowest BCUT2D eigenvalue weighted by Crippen LogP contribution is -2.42. The molecule has 0 saturated heterocycles. The molecule has 0 spiro atoms. The van der Waals surface area contributed by atoms with Crippen molar-refractivity contribution in [1.29, 1.82) is 0 Å². The van der Waals surface area contributed by atoms with Crippen molar-refractivity contribution in [2.45, 2.75) is 38.9 Å². The third kappa shape index (κ3) is 8.64. The second-order valence-electron chi connectivity index (χ2n) is 4.38. The van der Waals surface area contributed by atoms with Gasteiger partial charge in [0.25, 0.3) is 0 Å². The van der Waals surface area contributed by atoms with E-state index in [2.05, 4.69) is 5.32 Å². The van der Waals surface area contributed by atoms with Gasteiger partial charge >= 0.3 is 0 Å². The van der Waals surface area contributed by atoms with Crippen LogP contribution in [-0.4, -0.2) is 49.6 Å². The molecule has 0 aliphatic heterocycles. The molecule has 1 amide bonds. The maximum absolute atomic E-state index is 11.3. The van der Waals surface area contributed by atoms with E-state index in [9.17, 15) is 9.90 Å². The number of carbonyl (C=O) groups is 1. The van der Waals surface area contributed by atoms with Crippen LogP contribution in [0.1, 0.15) is 27.2 Å². The van der Waals surface area contributed by atoms with E-state index in [0.29, 0.717) is 13.0 Å². The fourth-order valence-electron chi connectivity index (χ4n) is 0.993. The molecule has 5 heteroatoms. The lowest BCUT2D eigenvalue weighted by molar-refractivity contribution is -0.128. The van der Waals surface area contributed by atoms with Gasteiger partial charge in [0, 0.05) is 26.7 Å². The number of amides is 1. The van der Waals surface area contributed by atoms with Gasteiger partial charge in [-0.2, -0.15) is 0 Å². The fourth-order valence-corrected chi connectivity index (χ4v) is 0.993. The zero-order chi connectivity index (χ0) is 12.6. The average molecular weight is 233 g/mol. The summed E-state index contributed by atoms with van der Waals surface area (Å²) in [4.78, 5) is 11.3. The maximum Gasteiger partial charge on any atom is 0.246 e. The molecule has 0 bridgehead atoms. The van der Waals surface area contributed by atoms with Crippen LogP contribution in [0.4, 0.5) is 0 Å². The van der Waals surface area contributed by atoms with E-state index in [1.54, 1.807) is 14.0 Å². The first-order chi connectivity index (χ1) is 7.37. The zero-order valence-electron chi connectivity index (χ0n) is 10.6. The summed E-state index contributed by atoms with van der Waals surface area (Å²) in [5.41, 5.74) is -0.941. The van der Waals surface area contributed by atoms with Crippen LogP contribution in [0, 0.1) is 0 Å². The quantitative estimate of drug-likeness (QED) is 0.633. The number of hydrogen-bond acceptors (Lipinski definition) is 4. The number of hydrogen-bond donors (Lipinski definition) is 2. The van der Waals surface area contributed by atoms with Crippen LogP contribution >= 0.6 is 0 Å². The van der Waals surface area contributed by atoms with E-state index in [4.69, 9.17) is 9.47 Å². The molecule has 1 atom stereocenters. The summed E-state index contributed by atoms with van der Waals surface area (Å²) in [5, 5.41) is 12.5. The molecule has 0 aromatic rings. The van der Waals surface area contributed by atoms with E-state index in [1.165, 1.54) is 0 Å². The molecule has 0 aliphatic rings. The van der Waals surface area contributed by atoms with Gasteiger partial charge in [0.05, 0.1) is 11.7 Å². The second-order valence-corrected chi connectivity index (χ2v) is 4.38. The van der Waals surface area contributed by atoms with Crippen molar-refractivity contribution in [3.8, 4) is 0 Å². The predicted octanol–water partition coefficient (Wildman–Crippen LogP) is 0.315.